The molecule has 2 atom stereocenters. The molecule has 0 fully saturated rings. The van der Waals surface area contributed by atoms with E-state index in [1.54, 1.807) is 7.05 Å². The minimum absolute atomic E-state index is 0.193. The number of carbonyl (C=O) groups is 1. The summed E-state index contributed by atoms with van der Waals surface area (Å²) in [4.78, 5) is 12.9. The maximum Gasteiger partial charge on any atom is 0.416 e. The Morgan fingerprint density at radius 3 is 2.11 bits per heavy atom. The average molecular weight is 515 g/mol. The van der Waals surface area contributed by atoms with Gasteiger partial charge in [-0.15, -0.1) is 0 Å². The molecule has 1 amide bonds. The van der Waals surface area contributed by atoms with Gasteiger partial charge in [0.25, 0.3) is 0 Å². The van der Waals surface area contributed by atoms with Gasteiger partial charge < -0.3 is 14.8 Å². The highest BCUT2D eigenvalue weighted by Crippen LogP contribution is 2.34. The first-order chi connectivity index (χ1) is 17.8. The van der Waals surface area contributed by atoms with E-state index in [1.165, 1.54) is 12.1 Å². The van der Waals surface area contributed by atoms with E-state index in [1.807, 2.05) is 62.4 Å². The summed E-state index contributed by atoms with van der Waals surface area (Å²) in [5.41, 5.74) is 1.77. The number of halogens is 3. The van der Waals surface area contributed by atoms with Gasteiger partial charge in [0.15, 0.2) is 11.5 Å². The molecule has 5 nitrogen and oxygen atoms in total. The molecular formula is C29H33F3N2O3. The van der Waals surface area contributed by atoms with Crippen LogP contribution in [0.15, 0.2) is 72.8 Å². The number of ether oxygens (including phenoxy) is 2. The minimum Gasteiger partial charge on any atom is -0.490 e. The van der Waals surface area contributed by atoms with E-state index < -0.39 is 17.8 Å². The van der Waals surface area contributed by atoms with E-state index in [9.17, 15) is 18.0 Å². The zero-order valence-corrected chi connectivity index (χ0v) is 21.3. The molecule has 8 heteroatoms. The highest BCUT2D eigenvalue weighted by molar-refractivity contribution is 5.83. The molecule has 0 aliphatic rings. The molecule has 0 bridgehead atoms. The van der Waals surface area contributed by atoms with Crippen molar-refractivity contribution in [3.05, 3.63) is 95.1 Å². The molecular weight excluding hydrogens is 481 g/mol. The maximum absolute atomic E-state index is 13.0. The van der Waals surface area contributed by atoms with Crippen LogP contribution in [-0.2, 0) is 17.4 Å². The van der Waals surface area contributed by atoms with Crippen LogP contribution in [0.25, 0.3) is 0 Å². The van der Waals surface area contributed by atoms with E-state index in [0.29, 0.717) is 37.6 Å². The van der Waals surface area contributed by atoms with Crippen molar-refractivity contribution in [2.24, 2.45) is 0 Å². The number of hydrogen-bond acceptors (Lipinski definition) is 4. The molecule has 0 saturated heterocycles. The van der Waals surface area contributed by atoms with Crippen molar-refractivity contribution in [2.75, 3.05) is 20.3 Å². The number of aryl methyl sites for hydroxylation is 1. The van der Waals surface area contributed by atoms with Gasteiger partial charge in [0.2, 0.25) is 5.91 Å². The molecule has 3 aromatic carbocycles. The molecule has 0 aliphatic heterocycles. The molecule has 198 valence electrons. The summed E-state index contributed by atoms with van der Waals surface area (Å²) in [7, 11) is 1.58. The highest BCUT2D eigenvalue weighted by Gasteiger charge is 2.30. The standard InChI is InChI=1S/C29H33F3N2O3/c1-4-36-25-18-14-22(19-26(25)37-5-2)24(17-13-20-11-15-23(16-12-20)29(30,31)32)34-27(28(35)33-3)21-9-7-6-8-10-21/h6-12,14-16,18-19,24,27,34H,4-5,13,17H2,1-3H3,(H,33,35)/t24-,27+/m1/s1. The third-order valence-corrected chi connectivity index (χ3v) is 5.98. The maximum atomic E-state index is 13.0. The van der Waals surface area contributed by atoms with Crippen molar-refractivity contribution in [3.63, 3.8) is 0 Å². The molecule has 3 aromatic rings. The van der Waals surface area contributed by atoms with E-state index >= 15 is 0 Å². The second kappa shape index (κ2) is 13.1. The lowest BCUT2D eigenvalue weighted by Crippen LogP contribution is -2.38. The molecule has 0 heterocycles. The van der Waals surface area contributed by atoms with Crippen molar-refractivity contribution in [1.29, 1.82) is 0 Å². The molecule has 0 saturated carbocycles. The lowest BCUT2D eigenvalue weighted by Gasteiger charge is -2.26. The van der Waals surface area contributed by atoms with Gasteiger partial charge in [0, 0.05) is 13.1 Å². The topological polar surface area (TPSA) is 59.6 Å². The van der Waals surface area contributed by atoms with Crippen LogP contribution in [0.1, 0.15) is 54.6 Å². The number of amides is 1. The Bertz CT molecular complexity index is 1140. The Morgan fingerprint density at radius 2 is 1.51 bits per heavy atom. The number of rotatable bonds is 12. The van der Waals surface area contributed by atoms with Crippen LogP contribution in [-0.4, -0.2) is 26.2 Å². The lowest BCUT2D eigenvalue weighted by atomic mass is 9.95. The smallest absolute Gasteiger partial charge is 0.416 e. The number of carbonyl (C=O) groups excluding carboxylic acids is 1. The minimum atomic E-state index is -4.38. The van der Waals surface area contributed by atoms with Crippen LogP contribution < -0.4 is 20.1 Å². The normalized spacial score (nSPS) is 13.0. The van der Waals surface area contributed by atoms with Crippen LogP contribution in [0, 0.1) is 0 Å². The average Bonchev–Trinajstić information content (AvgIpc) is 2.90. The second-order valence-corrected chi connectivity index (χ2v) is 8.48. The van der Waals surface area contributed by atoms with Crippen molar-refractivity contribution in [2.45, 2.75) is 44.9 Å². The summed E-state index contributed by atoms with van der Waals surface area (Å²) < 4.78 is 50.5. The van der Waals surface area contributed by atoms with Crippen LogP contribution >= 0.6 is 0 Å². The molecule has 37 heavy (non-hydrogen) atoms. The number of likely N-dealkylation sites (N-methyl/N-ethyl adjacent to an activating group) is 1. The summed E-state index contributed by atoms with van der Waals surface area (Å²) in [6.45, 7) is 4.73. The zero-order chi connectivity index (χ0) is 26.8. The van der Waals surface area contributed by atoms with Gasteiger partial charge in [-0.2, -0.15) is 13.2 Å². The second-order valence-electron chi connectivity index (χ2n) is 8.48. The Balaban J connectivity index is 1.93. The molecule has 0 aliphatic carbocycles. The van der Waals surface area contributed by atoms with E-state index in [4.69, 9.17) is 9.47 Å². The summed E-state index contributed by atoms with van der Waals surface area (Å²) in [6, 6.07) is 19.3. The molecule has 3 rings (SSSR count). The Kier molecular flexibility index (Phi) is 9.97. The van der Waals surface area contributed by atoms with Gasteiger partial charge in [-0.3, -0.25) is 10.1 Å². The van der Waals surface area contributed by atoms with Crippen molar-refractivity contribution >= 4 is 5.91 Å². The largest absolute Gasteiger partial charge is 0.490 e. The summed E-state index contributed by atoms with van der Waals surface area (Å²) in [5.74, 6) is 1.03. The number of benzene rings is 3. The molecule has 0 unspecified atom stereocenters. The zero-order valence-electron chi connectivity index (χ0n) is 21.3. The number of nitrogens with one attached hydrogen (secondary N) is 2. The fraction of sp³-hybridized carbons (Fsp3) is 0.345. The first-order valence-electron chi connectivity index (χ1n) is 12.3. The fourth-order valence-electron chi connectivity index (χ4n) is 4.12. The van der Waals surface area contributed by atoms with Gasteiger partial charge in [0.05, 0.1) is 18.8 Å². The van der Waals surface area contributed by atoms with Crippen LogP contribution in [0.4, 0.5) is 13.2 Å². The van der Waals surface area contributed by atoms with E-state index in [2.05, 4.69) is 10.6 Å². The number of alkyl halides is 3. The van der Waals surface area contributed by atoms with Crippen molar-refractivity contribution in [3.8, 4) is 11.5 Å². The predicted molar refractivity (Wildman–Crippen MR) is 138 cm³/mol. The lowest BCUT2D eigenvalue weighted by molar-refractivity contribution is -0.137. The van der Waals surface area contributed by atoms with Crippen LogP contribution in [0.2, 0.25) is 0 Å². The molecule has 0 radical (unpaired) electrons. The quantitative estimate of drug-likeness (QED) is 0.300. The SMILES string of the molecule is CCOc1ccc([C@@H](CCc2ccc(C(F)(F)F)cc2)N[C@H](C(=O)NC)c2ccccc2)cc1OCC. The first-order valence-corrected chi connectivity index (χ1v) is 12.3. The van der Waals surface area contributed by atoms with Crippen molar-refractivity contribution < 1.29 is 27.4 Å². The summed E-state index contributed by atoms with van der Waals surface area (Å²) in [6.07, 6.45) is -3.34. The Morgan fingerprint density at radius 1 is 0.865 bits per heavy atom. The van der Waals surface area contributed by atoms with E-state index in [-0.39, 0.29) is 11.9 Å². The highest BCUT2D eigenvalue weighted by atomic mass is 19.4. The van der Waals surface area contributed by atoms with E-state index in [0.717, 1.165) is 28.8 Å². The van der Waals surface area contributed by atoms with Crippen LogP contribution in [0.3, 0.4) is 0 Å². The van der Waals surface area contributed by atoms with Crippen molar-refractivity contribution in [1.82, 2.24) is 10.6 Å². The van der Waals surface area contributed by atoms with Gasteiger partial charge >= 0.3 is 6.18 Å². The van der Waals surface area contributed by atoms with Gasteiger partial charge in [-0.1, -0.05) is 48.5 Å². The molecule has 2 N–H and O–H groups in total. The Labute approximate surface area is 216 Å². The number of hydrogen-bond donors (Lipinski definition) is 2. The summed E-state index contributed by atoms with van der Waals surface area (Å²) in [5, 5.41) is 6.20. The Hall–Kier alpha value is -3.52. The van der Waals surface area contributed by atoms with Gasteiger partial charge in [0.1, 0.15) is 6.04 Å². The van der Waals surface area contributed by atoms with Gasteiger partial charge in [-0.25, -0.2) is 0 Å². The predicted octanol–water partition coefficient (Wildman–Crippen LogP) is 6.25. The fourth-order valence-corrected chi connectivity index (χ4v) is 4.12. The third-order valence-electron chi connectivity index (χ3n) is 5.98. The molecule has 0 aromatic heterocycles. The molecule has 0 spiro atoms. The third kappa shape index (κ3) is 7.73. The first kappa shape index (κ1) is 28.1. The van der Waals surface area contributed by atoms with Crippen LogP contribution in [0.5, 0.6) is 11.5 Å². The monoisotopic (exact) mass is 514 g/mol. The summed E-state index contributed by atoms with van der Waals surface area (Å²) >= 11 is 0. The van der Waals surface area contributed by atoms with Gasteiger partial charge in [-0.05, 0) is 67.6 Å².